The molecule has 0 aliphatic carbocycles. The molecule has 0 spiro atoms. The molecule has 1 aliphatic heterocycles. The maximum atomic E-state index is 13.3. The van der Waals surface area contributed by atoms with Crippen molar-refractivity contribution >= 4 is 19.0 Å². The van der Waals surface area contributed by atoms with Gasteiger partial charge in [-0.15, -0.1) is 0 Å². The first-order chi connectivity index (χ1) is 11.7. The molecular formula is C17H21N2O4P. The third-order valence-electron chi connectivity index (χ3n) is 3.64. The molecule has 0 saturated heterocycles. The van der Waals surface area contributed by atoms with Gasteiger partial charge in [0.05, 0.1) is 36.2 Å². The van der Waals surface area contributed by atoms with Crippen LogP contribution in [0.5, 0.6) is 0 Å². The fraction of sp³-hybridized carbons (Fsp3) is 0.294. The maximum absolute atomic E-state index is 13.3. The van der Waals surface area contributed by atoms with E-state index in [1.807, 2.05) is 30.3 Å². The molecule has 0 amide bonds. The van der Waals surface area contributed by atoms with Crippen molar-refractivity contribution in [2.45, 2.75) is 19.9 Å². The molecule has 1 unspecified atom stereocenters. The van der Waals surface area contributed by atoms with Crippen molar-refractivity contribution in [1.82, 2.24) is 0 Å². The Labute approximate surface area is 141 Å². The fourth-order valence-corrected chi connectivity index (χ4v) is 4.42. The van der Waals surface area contributed by atoms with Gasteiger partial charge in [0.25, 0.3) is 0 Å². The van der Waals surface area contributed by atoms with Crippen molar-refractivity contribution in [3.63, 3.8) is 0 Å². The monoisotopic (exact) mass is 348 g/mol. The Morgan fingerprint density at radius 2 is 1.79 bits per heavy atom. The normalized spacial score (nSPS) is 17.2. The molecule has 2 heterocycles. The highest BCUT2D eigenvalue weighted by Gasteiger charge is 2.38. The van der Waals surface area contributed by atoms with Crippen LogP contribution < -0.4 is 10.6 Å². The van der Waals surface area contributed by atoms with Crippen LogP contribution in [0.3, 0.4) is 0 Å². The van der Waals surface area contributed by atoms with Crippen LogP contribution in [-0.4, -0.2) is 13.2 Å². The summed E-state index contributed by atoms with van der Waals surface area (Å²) < 4.78 is 30.0. The Kier molecular flexibility index (Phi) is 5.09. The zero-order valence-electron chi connectivity index (χ0n) is 13.7. The molecule has 1 aromatic carbocycles. The summed E-state index contributed by atoms with van der Waals surface area (Å²) in [6.07, 6.45) is 3.28. The van der Waals surface area contributed by atoms with Crippen molar-refractivity contribution in [2.75, 3.05) is 23.8 Å². The predicted molar refractivity (Wildman–Crippen MR) is 94.1 cm³/mol. The topological polar surface area (TPSA) is 72.7 Å². The number of rotatable bonds is 6. The number of nitrogens with one attached hydrogen (secondary N) is 2. The van der Waals surface area contributed by atoms with E-state index in [1.54, 1.807) is 32.4 Å². The van der Waals surface area contributed by atoms with Gasteiger partial charge >= 0.3 is 7.60 Å². The van der Waals surface area contributed by atoms with E-state index in [0.29, 0.717) is 11.1 Å². The van der Waals surface area contributed by atoms with Gasteiger partial charge in [-0.3, -0.25) is 4.57 Å². The summed E-state index contributed by atoms with van der Waals surface area (Å²) in [5, 5.41) is 7.05. The molecule has 1 aromatic heterocycles. The van der Waals surface area contributed by atoms with E-state index in [9.17, 15) is 4.57 Å². The third kappa shape index (κ3) is 3.26. The van der Waals surface area contributed by atoms with Gasteiger partial charge in [0, 0.05) is 6.20 Å². The molecule has 6 nitrogen and oxygen atoms in total. The highest BCUT2D eigenvalue weighted by molar-refractivity contribution is 7.58. The Morgan fingerprint density at radius 3 is 2.42 bits per heavy atom. The molecule has 128 valence electrons. The first-order valence-corrected chi connectivity index (χ1v) is 9.47. The largest absolute Gasteiger partial charge is 0.467 e. The molecule has 0 radical (unpaired) electrons. The van der Waals surface area contributed by atoms with Gasteiger partial charge in [-0.05, 0) is 38.1 Å². The average Bonchev–Trinajstić information content (AvgIpc) is 3.02. The fourth-order valence-electron chi connectivity index (χ4n) is 2.64. The van der Waals surface area contributed by atoms with Crippen LogP contribution in [0.4, 0.5) is 11.4 Å². The predicted octanol–water partition coefficient (Wildman–Crippen LogP) is 4.97. The number of fused-ring (bicyclic) bond motifs is 1. The van der Waals surface area contributed by atoms with Gasteiger partial charge < -0.3 is 24.1 Å². The van der Waals surface area contributed by atoms with Gasteiger partial charge in [0.1, 0.15) is 11.8 Å². The summed E-state index contributed by atoms with van der Waals surface area (Å²) in [5.74, 6) is 0.638. The molecule has 2 N–H and O–H groups in total. The van der Waals surface area contributed by atoms with Crippen LogP contribution in [0.2, 0.25) is 0 Å². The molecule has 0 saturated carbocycles. The van der Waals surface area contributed by atoms with Crippen LogP contribution in [0.25, 0.3) is 0 Å². The second-order valence-electron chi connectivity index (χ2n) is 5.18. The number of anilines is 2. The molecule has 1 aliphatic rings. The lowest BCUT2D eigenvalue weighted by molar-refractivity contribution is 0.224. The van der Waals surface area contributed by atoms with E-state index < -0.39 is 13.6 Å². The molecule has 0 bridgehead atoms. The second-order valence-corrected chi connectivity index (χ2v) is 7.21. The summed E-state index contributed by atoms with van der Waals surface area (Å²) >= 11 is 0. The van der Waals surface area contributed by atoms with Crippen molar-refractivity contribution in [3.8, 4) is 0 Å². The van der Waals surface area contributed by atoms with Crippen molar-refractivity contribution < 1.29 is 18.0 Å². The Balaban J connectivity index is 2.07. The minimum absolute atomic E-state index is 0.284. The van der Waals surface area contributed by atoms with E-state index in [4.69, 9.17) is 13.5 Å². The highest BCUT2D eigenvalue weighted by atomic mass is 31.2. The lowest BCUT2D eigenvalue weighted by Gasteiger charge is -2.25. The summed E-state index contributed by atoms with van der Waals surface area (Å²) in [5.41, 5.74) is 1.76. The minimum Gasteiger partial charge on any atom is -0.467 e. The minimum atomic E-state index is -3.47. The number of furan rings is 1. The molecule has 3 rings (SSSR count). The van der Waals surface area contributed by atoms with E-state index in [-0.39, 0.29) is 13.2 Å². The number of para-hydroxylation sites is 2. The van der Waals surface area contributed by atoms with Crippen molar-refractivity contribution in [1.29, 1.82) is 0 Å². The zero-order valence-corrected chi connectivity index (χ0v) is 14.6. The molecule has 1 atom stereocenters. The van der Waals surface area contributed by atoms with Gasteiger partial charge in [-0.2, -0.15) is 0 Å². The van der Waals surface area contributed by atoms with Gasteiger partial charge in [0.2, 0.25) is 0 Å². The maximum Gasteiger partial charge on any atom is 0.361 e. The lowest BCUT2D eigenvalue weighted by Crippen LogP contribution is -2.14. The quantitative estimate of drug-likeness (QED) is 0.719. The van der Waals surface area contributed by atoms with Crippen LogP contribution in [0, 0.1) is 0 Å². The van der Waals surface area contributed by atoms with Crippen LogP contribution >= 0.6 is 7.60 Å². The van der Waals surface area contributed by atoms with E-state index in [1.165, 1.54) is 0 Å². The Hall–Kier alpha value is -2.01. The number of hydrogen-bond acceptors (Lipinski definition) is 6. The van der Waals surface area contributed by atoms with Crippen LogP contribution in [0.1, 0.15) is 25.6 Å². The molecule has 0 fully saturated rings. The lowest BCUT2D eigenvalue weighted by atomic mass is 10.2. The van der Waals surface area contributed by atoms with E-state index >= 15 is 0 Å². The first-order valence-electron chi connectivity index (χ1n) is 7.93. The van der Waals surface area contributed by atoms with Gasteiger partial charge in [-0.25, -0.2) is 0 Å². The Bertz CT molecular complexity index is 748. The number of hydrogen-bond donors (Lipinski definition) is 2. The smallest absolute Gasteiger partial charge is 0.361 e. The summed E-state index contributed by atoms with van der Waals surface area (Å²) in [6.45, 7) is 4.15. The second kappa shape index (κ2) is 7.26. The molecule has 2 aromatic rings. The third-order valence-corrected chi connectivity index (χ3v) is 5.86. The van der Waals surface area contributed by atoms with Crippen molar-refractivity contribution in [2.24, 2.45) is 0 Å². The summed E-state index contributed by atoms with van der Waals surface area (Å²) in [7, 11) is -3.47. The Morgan fingerprint density at radius 1 is 1.08 bits per heavy atom. The van der Waals surface area contributed by atoms with Gasteiger partial charge in [-0.1, -0.05) is 12.1 Å². The SMILES string of the molecule is CCOP(=O)(OCC)C1=CNc2ccccc2NC1c1ccco1. The molecule has 24 heavy (non-hydrogen) atoms. The summed E-state index contributed by atoms with van der Waals surface area (Å²) in [4.78, 5) is 0. The van der Waals surface area contributed by atoms with E-state index in [0.717, 1.165) is 11.4 Å². The highest BCUT2D eigenvalue weighted by Crippen LogP contribution is 2.61. The average molecular weight is 348 g/mol. The molecule has 7 heteroatoms. The number of benzene rings is 1. The van der Waals surface area contributed by atoms with Crippen LogP contribution in [-0.2, 0) is 13.6 Å². The standard InChI is InChI=1S/C17H21N2O4P/c1-3-22-24(20,23-4-2)16-12-18-13-8-5-6-9-14(13)19-17(16)15-10-7-11-21-15/h5-12,17-19H,3-4H2,1-2H3. The van der Waals surface area contributed by atoms with Crippen LogP contribution in [0.15, 0.2) is 58.6 Å². The first kappa shape index (κ1) is 16.8. The molecular weight excluding hydrogens is 327 g/mol. The zero-order chi connectivity index (χ0) is 17.0. The van der Waals surface area contributed by atoms with E-state index in [2.05, 4.69) is 10.6 Å². The summed E-state index contributed by atoms with van der Waals surface area (Å²) in [6, 6.07) is 10.9. The van der Waals surface area contributed by atoms with Crippen molar-refractivity contribution in [3.05, 3.63) is 59.9 Å². The van der Waals surface area contributed by atoms with Gasteiger partial charge in [0.15, 0.2) is 0 Å².